The summed E-state index contributed by atoms with van der Waals surface area (Å²) in [6.07, 6.45) is 1.37. The van der Waals surface area contributed by atoms with Gasteiger partial charge in [-0.3, -0.25) is 9.52 Å². The number of halogens is 2. The Morgan fingerprint density at radius 2 is 1.89 bits per heavy atom. The molecule has 1 aliphatic heterocycles. The molecule has 4 rings (SSSR count). The first-order valence-electron chi connectivity index (χ1n) is 10.2. The Labute approximate surface area is 220 Å². The van der Waals surface area contributed by atoms with Gasteiger partial charge in [0, 0.05) is 4.47 Å². The van der Waals surface area contributed by atoms with Crippen LogP contribution in [0.1, 0.15) is 5.56 Å². The molecule has 0 atom stereocenters. The number of rotatable bonds is 7. The van der Waals surface area contributed by atoms with Crippen molar-refractivity contribution < 1.29 is 27.4 Å². The summed E-state index contributed by atoms with van der Waals surface area (Å²) in [5.41, 5.74) is 0.626. The molecule has 12 heteroatoms. The zero-order valence-corrected chi connectivity index (χ0v) is 21.7. The summed E-state index contributed by atoms with van der Waals surface area (Å²) in [5.74, 6) is 0.842. The smallest absolute Gasteiger partial charge is 0.266 e. The molecule has 0 radical (unpaired) electrons. The van der Waals surface area contributed by atoms with Gasteiger partial charge in [-0.2, -0.15) is 5.26 Å². The standard InChI is InChI=1S/C24H17BrClN3O6S/c1-33-16-3-6-20(18(25)10-16)29-36(31,32)17-4-5-19(26)21(11-17)28-24(30)15(12-27)8-14-2-7-22-23(9-14)35-13-34-22/h2-11,29H,13H2,1H3,(H,28,30)/b15-8-. The van der Waals surface area contributed by atoms with Gasteiger partial charge < -0.3 is 19.5 Å². The Bertz CT molecular complexity index is 1540. The van der Waals surface area contributed by atoms with Crippen LogP contribution in [0.25, 0.3) is 6.08 Å². The minimum atomic E-state index is -4.05. The van der Waals surface area contributed by atoms with Crippen molar-refractivity contribution >= 4 is 60.9 Å². The number of methoxy groups -OCH3 is 1. The third-order valence-corrected chi connectivity index (χ3v) is 7.34. The fraction of sp³-hybridized carbons (Fsp3) is 0.0833. The first-order chi connectivity index (χ1) is 17.2. The van der Waals surface area contributed by atoms with Crippen LogP contribution in [0.4, 0.5) is 11.4 Å². The molecule has 36 heavy (non-hydrogen) atoms. The number of carbonyl (C=O) groups excluding carboxylic acids is 1. The second kappa shape index (κ2) is 10.5. The van der Waals surface area contributed by atoms with Crippen LogP contribution in [0.15, 0.2) is 69.5 Å². The van der Waals surface area contributed by atoms with Crippen LogP contribution in [-0.2, 0) is 14.8 Å². The Kier molecular flexibility index (Phi) is 7.40. The maximum absolute atomic E-state index is 13.0. The molecule has 0 fully saturated rings. The van der Waals surface area contributed by atoms with Gasteiger partial charge in [0.1, 0.15) is 17.4 Å². The number of nitrogens with one attached hydrogen (secondary N) is 2. The maximum atomic E-state index is 13.0. The van der Waals surface area contributed by atoms with E-state index < -0.39 is 15.9 Å². The Balaban J connectivity index is 1.56. The number of sulfonamides is 1. The van der Waals surface area contributed by atoms with Crippen molar-refractivity contribution in [3.05, 3.63) is 75.2 Å². The quantitative estimate of drug-likeness (QED) is 0.287. The van der Waals surface area contributed by atoms with E-state index in [4.69, 9.17) is 25.8 Å². The lowest BCUT2D eigenvalue weighted by Gasteiger charge is -2.13. The number of amides is 1. The van der Waals surface area contributed by atoms with E-state index in [9.17, 15) is 18.5 Å². The molecule has 9 nitrogen and oxygen atoms in total. The second-order valence-electron chi connectivity index (χ2n) is 7.33. The lowest BCUT2D eigenvalue weighted by Crippen LogP contribution is -2.16. The zero-order valence-electron chi connectivity index (χ0n) is 18.5. The first-order valence-corrected chi connectivity index (χ1v) is 12.8. The molecule has 0 saturated carbocycles. The lowest BCUT2D eigenvalue weighted by atomic mass is 10.1. The van der Waals surface area contributed by atoms with Crippen LogP contribution >= 0.6 is 27.5 Å². The SMILES string of the molecule is COc1ccc(NS(=O)(=O)c2ccc(Cl)c(NC(=O)/C(C#N)=C\c3ccc4c(c3)OCO4)c2)c(Br)c1. The molecular formula is C24H17BrClN3O6S. The highest BCUT2D eigenvalue weighted by Gasteiger charge is 2.20. The predicted molar refractivity (Wildman–Crippen MR) is 138 cm³/mol. The number of anilines is 2. The van der Waals surface area contributed by atoms with Crippen molar-refractivity contribution in [3.8, 4) is 23.3 Å². The summed E-state index contributed by atoms with van der Waals surface area (Å²) in [5, 5.41) is 12.1. The zero-order chi connectivity index (χ0) is 25.9. The molecule has 0 aliphatic carbocycles. The van der Waals surface area contributed by atoms with Crippen molar-refractivity contribution in [2.24, 2.45) is 0 Å². The van der Waals surface area contributed by atoms with Gasteiger partial charge in [-0.1, -0.05) is 17.7 Å². The Hall–Kier alpha value is -3.72. The van der Waals surface area contributed by atoms with Gasteiger partial charge in [0.15, 0.2) is 11.5 Å². The Morgan fingerprint density at radius 3 is 2.61 bits per heavy atom. The van der Waals surface area contributed by atoms with Gasteiger partial charge in [0.25, 0.3) is 15.9 Å². The average molecular weight is 591 g/mol. The van der Waals surface area contributed by atoms with E-state index in [0.29, 0.717) is 27.3 Å². The monoisotopic (exact) mass is 589 g/mol. The molecule has 0 saturated heterocycles. The molecule has 0 bridgehead atoms. The molecule has 0 unspecified atom stereocenters. The molecule has 3 aromatic carbocycles. The Morgan fingerprint density at radius 1 is 1.11 bits per heavy atom. The van der Waals surface area contributed by atoms with E-state index in [2.05, 4.69) is 26.0 Å². The third-order valence-electron chi connectivity index (χ3n) is 4.99. The van der Waals surface area contributed by atoms with E-state index in [1.165, 1.54) is 31.4 Å². The molecule has 1 aliphatic rings. The number of fused-ring (bicyclic) bond motifs is 1. The highest BCUT2D eigenvalue weighted by molar-refractivity contribution is 9.10. The van der Waals surface area contributed by atoms with Crippen LogP contribution in [0.3, 0.4) is 0 Å². The molecular weight excluding hydrogens is 574 g/mol. The summed E-state index contributed by atoms with van der Waals surface area (Å²) < 4.78 is 44.6. The molecule has 0 spiro atoms. The van der Waals surface area contributed by atoms with Crippen molar-refractivity contribution in [1.82, 2.24) is 0 Å². The van der Waals surface area contributed by atoms with E-state index in [-0.39, 0.29) is 33.7 Å². The minimum Gasteiger partial charge on any atom is -0.497 e. The number of benzene rings is 3. The molecule has 3 aromatic rings. The highest BCUT2D eigenvalue weighted by atomic mass is 79.9. The summed E-state index contributed by atoms with van der Waals surface area (Å²) in [4.78, 5) is 12.6. The van der Waals surface area contributed by atoms with Crippen LogP contribution in [0.2, 0.25) is 5.02 Å². The lowest BCUT2D eigenvalue weighted by molar-refractivity contribution is -0.112. The van der Waals surface area contributed by atoms with Gasteiger partial charge in [-0.15, -0.1) is 0 Å². The molecule has 184 valence electrons. The summed E-state index contributed by atoms with van der Waals surface area (Å²) in [6.45, 7) is 0.0934. The normalized spacial score (nSPS) is 12.6. The van der Waals surface area contributed by atoms with Gasteiger partial charge >= 0.3 is 0 Å². The van der Waals surface area contributed by atoms with Crippen molar-refractivity contribution in [1.29, 1.82) is 5.26 Å². The van der Waals surface area contributed by atoms with Crippen LogP contribution in [-0.4, -0.2) is 28.2 Å². The minimum absolute atomic E-state index is 0.0187. The predicted octanol–water partition coefficient (Wildman–Crippen LogP) is 5.19. The first kappa shape index (κ1) is 25.4. The van der Waals surface area contributed by atoms with Gasteiger partial charge in [0.2, 0.25) is 6.79 Å². The van der Waals surface area contributed by atoms with E-state index in [0.717, 1.165) is 0 Å². The fourth-order valence-corrected chi connectivity index (χ4v) is 5.04. The van der Waals surface area contributed by atoms with E-state index in [1.807, 2.05) is 6.07 Å². The topological polar surface area (TPSA) is 127 Å². The maximum Gasteiger partial charge on any atom is 0.266 e. The summed E-state index contributed by atoms with van der Waals surface area (Å²) in [6, 6.07) is 15.4. The number of nitriles is 1. The largest absolute Gasteiger partial charge is 0.497 e. The average Bonchev–Trinajstić information content (AvgIpc) is 3.32. The number of carbonyl (C=O) groups is 1. The number of nitrogens with zero attached hydrogens (tertiary/aromatic N) is 1. The number of hydrogen-bond donors (Lipinski definition) is 2. The summed E-state index contributed by atoms with van der Waals surface area (Å²) in [7, 11) is -2.55. The van der Waals surface area contributed by atoms with Gasteiger partial charge in [0.05, 0.1) is 28.4 Å². The van der Waals surface area contributed by atoms with Crippen LogP contribution in [0, 0.1) is 11.3 Å². The second-order valence-corrected chi connectivity index (χ2v) is 10.3. The summed E-state index contributed by atoms with van der Waals surface area (Å²) >= 11 is 9.50. The van der Waals surface area contributed by atoms with Crippen molar-refractivity contribution in [2.45, 2.75) is 4.90 Å². The van der Waals surface area contributed by atoms with Crippen LogP contribution < -0.4 is 24.2 Å². The molecule has 1 heterocycles. The van der Waals surface area contributed by atoms with Gasteiger partial charge in [-0.05, 0) is 76.1 Å². The van der Waals surface area contributed by atoms with Gasteiger partial charge in [-0.25, -0.2) is 8.42 Å². The number of hydrogen-bond acceptors (Lipinski definition) is 7. The highest BCUT2D eigenvalue weighted by Crippen LogP contribution is 2.34. The molecule has 1 amide bonds. The van der Waals surface area contributed by atoms with Crippen LogP contribution in [0.5, 0.6) is 17.2 Å². The molecule has 0 aromatic heterocycles. The van der Waals surface area contributed by atoms with E-state index in [1.54, 1.807) is 36.4 Å². The fourth-order valence-electron chi connectivity index (χ4n) is 3.18. The third kappa shape index (κ3) is 5.57. The van der Waals surface area contributed by atoms with Crippen molar-refractivity contribution in [2.75, 3.05) is 23.9 Å². The molecule has 2 N–H and O–H groups in total. The van der Waals surface area contributed by atoms with E-state index >= 15 is 0 Å². The van der Waals surface area contributed by atoms with Crippen molar-refractivity contribution in [3.63, 3.8) is 0 Å². The number of ether oxygens (including phenoxy) is 3.